The number of ether oxygens (including phenoxy) is 2. The van der Waals surface area contributed by atoms with E-state index in [4.69, 9.17) is 9.47 Å². The van der Waals surface area contributed by atoms with Crippen molar-refractivity contribution >= 4 is 28.9 Å². The molecule has 7 heteroatoms. The number of methoxy groups -OCH3 is 1. The molecule has 6 nitrogen and oxygen atoms in total. The minimum Gasteiger partial charge on any atom is -0.493 e. The molecule has 158 valence electrons. The van der Waals surface area contributed by atoms with E-state index in [2.05, 4.69) is 11.9 Å². The SMILES string of the molecule is C=CCOc1ccc([C@H]2CC(=O)Nc3c2sc(C(=O)O)c3-c2ccccc2)cc1OC. The van der Waals surface area contributed by atoms with Gasteiger partial charge in [0.25, 0.3) is 0 Å². The summed E-state index contributed by atoms with van der Waals surface area (Å²) in [5, 5.41) is 12.8. The van der Waals surface area contributed by atoms with Gasteiger partial charge in [-0.05, 0) is 23.3 Å². The number of nitrogens with one attached hydrogen (secondary N) is 1. The molecule has 31 heavy (non-hydrogen) atoms. The first-order valence-corrected chi connectivity index (χ1v) is 10.5. The molecule has 2 heterocycles. The van der Waals surface area contributed by atoms with E-state index in [0.29, 0.717) is 29.4 Å². The minimum absolute atomic E-state index is 0.157. The summed E-state index contributed by atoms with van der Waals surface area (Å²) in [6, 6.07) is 14.8. The molecule has 0 bridgehead atoms. The molecule has 1 atom stereocenters. The van der Waals surface area contributed by atoms with E-state index in [-0.39, 0.29) is 23.1 Å². The minimum atomic E-state index is -1.02. The number of carboxylic acid groups (broad SMARTS) is 1. The van der Waals surface area contributed by atoms with Crippen LogP contribution in [0.1, 0.15) is 32.5 Å². The van der Waals surface area contributed by atoms with Crippen molar-refractivity contribution in [1.29, 1.82) is 0 Å². The highest BCUT2D eigenvalue weighted by Crippen LogP contribution is 2.50. The second kappa shape index (κ2) is 8.65. The highest BCUT2D eigenvalue weighted by Gasteiger charge is 2.34. The third-order valence-electron chi connectivity index (χ3n) is 5.11. The number of carbonyl (C=O) groups is 2. The Labute approximate surface area is 183 Å². The molecule has 2 N–H and O–H groups in total. The molecule has 1 aliphatic heterocycles. The summed E-state index contributed by atoms with van der Waals surface area (Å²) in [5.74, 6) is -0.335. The number of carbonyl (C=O) groups excluding carboxylic acids is 1. The van der Waals surface area contributed by atoms with Gasteiger partial charge in [-0.2, -0.15) is 0 Å². The van der Waals surface area contributed by atoms with Crippen LogP contribution in [0.15, 0.2) is 61.2 Å². The number of rotatable bonds is 7. The quantitative estimate of drug-likeness (QED) is 0.501. The molecule has 3 aromatic rings. The van der Waals surface area contributed by atoms with E-state index in [1.807, 2.05) is 42.5 Å². The molecule has 1 amide bonds. The fraction of sp³-hybridized carbons (Fsp3) is 0.167. The second-order valence-corrected chi connectivity index (χ2v) is 8.08. The van der Waals surface area contributed by atoms with Gasteiger partial charge in [0.05, 0.1) is 12.8 Å². The molecule has 0 saturated heterocycles. The maximum atomic E-state index is 12.6. The van der Waals surface area contributed by atoms with Crippen molar-refractivity contribution in [1.82, 2.24) is 0 Å². The van der Waals surface area contributed by atoms with E-state index >= 15 is 0 Å². The van der Waals surface area contributed by atoms with E-state index in [1.165, 1.54) is 11.3 Å². The molecule has 1 aromatic heterocycles. The first kappa shape index (κ1) is 20.7. The third kappa shape index (κ3) is 3.92. The first-order valence-electron chi connectivity index (χ1n) is 9.70. The van der Waals surface area contributed by atoms with Crippen LogP contribution in [0.25, 0.3) is 11.1 Å². The van der Waals surface area contributed by atoms with E-state index in [0.717, 1.165) is 16.0 Å². The van der Waals surface area contributed by atoms with Crippen LogP contribution in [-0.4, -0.2) is 30.7 Å². The van der Waals surface area contributed by atoms with Crippen LogP contribution < -0.4 is 14.8 Å². The zero-order valence-electron chi connectivity index (χ0n) is 16.9. The number of fused-ring (bicyclic) bond motifs is 1. The molecule has 0 fully saturated rings. The van der Waals surface area contributed by atoms with Gasteiger partial charge in [-0.1, -0.05) is 49.1 Å². The van der Waals surface area contributed by atoms with Gasteiger partial charge in [0.15, 0.2) is 11.5 Å². The van der Waals surface area contributed by atoms with Crippen LogP contribution in [0, 0.1) is 0 Å². The molecule has 0 radical (unpaired) electrons. The standard InChI is InChI=1S/C24H21NO5S/c1-3-11-30-17-10-9-15(12-18(17)29-2)16-13-19(26)25-21-20(14-7-5-4-6-8-14)23(24(27)28)31-22(16)21/h3-10,12,16H,1,11,13H2,2H3,(H,25,26)(H,27,28)/t16-/m1/s1. The van der Waals surface area contributed by atoms with Crippen LogP contribution in [0.3, 0.4) is 0 Å². The second-order valence-electron chi connectivity index (χ2n) is 7.03. The zero-order valence-corrected chi connectivity index (χ0v) is 17.7. The summed E-state index contributed by atoms with van der Waals surface area (Å²) in [6.45, 7) is 3.99. The Kier molecular flexibility index (Phi) is 5.77. The molecule has 0 aliphatic carbocycles. The highest BCUT2D eigenvalue weighted by molar-refractivity contribution is 7.15. The smallest absolute Gasteiger partial charge is 0.346 e. The Balaban J connectivity index is 1.84. The van der Waals surface area contributed by atoms with E-state index in [1.54, 1.807) is 19.3 Å². The normalized spacial score (nSPS) is 15.0. The Bertz CT molecular complexity index is 1150. The van der Waals surface area contributed by atoms with Crippen LogP contribution in [0.4, 0.5) is 5.69 Å². The Morgan fingerprint density at radius 1 is 1.26 bits per heavy atom. The van der Waals surface area contributed by atoms with Gasteiger partial charge in [0, 0.05) is 22.8 Å². The largest absolute Gasteiger partial charge is 0.493 e. The highest BCUT2D eigenvalue weighted by atomic mass is 32.1. The summed E-state index contributed by atoms with van der Waals surface area (Å²) in [7, 11) is 1.56. The summed E-state index contributed by atoms with van der Waals surface area (Å²) in [6.07, 6.45) is 1.87. The van der Waals surface area contributed by atoms with Crippen molar-refractivity contribution in [3.63, 3.8) is 0 Å². The maximum Gasteiger partial charge on any atom is 0.346 e. The molecule has 0 spiro atoms. The van der Waals surface area contributed by atoms with Crippen LogP contribution in [0.2, 0.25) is 0 Å². The average molecular weight is 436 g/mol. The summed E-state index contributed by atoms with van der Waals surface area (Å²) < 4.78 is 11.1. The van der Waals surface area contributed by atoms with Crippen molar-refractivity contribution in [3.05, 3.63) is 76.5 Å². The topological polar surface area (TPSA) is 84.9 Å². The molecular weight excluding hydrogens is 414 g/mol. The number of thiophene rings is 1. The lowest BCUT2D eigenvalue weighted by atomic mass is 9.88. The lowest BCUT2D eigenvalue weighted by Gasteiger charge is -2.24. The predicted octanol–water partition coefficient (Wildman–Crippen LogP) is 5.16. The Hall–Kier alpha value is -3.58. The fourth-order valence-corrected chi connectivity index (χ4v) is 5.00. The van der Waals surface area contributed by atoms with Crippen molar-refractivity contribution in [2.24, 2.45) is 0 Å². The van der Waals surface area contributed by atoms with E-state index < -0.39 is 5.97 Å². The Morgan fingerprint density at radius 3 is 2.71 bits per heavy atom. The molecule has 0 saturated carbocycles. The first-order chi connectivity index (χ1) is 15.0. The predicted molar refractivity (Wildman–Crippen MR) is 120 cm³/mol. The third-order valence-corrected chi connectivity index (χ3v) is 6.40. The van der Waals surface area contributed by atoms with Gasteiger partial charge in [-0.15, -0.1) is 11.3 Å². The van der Waals surface area contributed by atoms with Gasteiger partial charge in [-0.3, -0.25) is 4.79 Å². The molecule has 2 aromatic carbocycles. The van der Waals surface area contributed by atoms with Gasteiger partial charge in [-0.25, -0.2) is 4.79 Å². The fourth-order valence-electron chi connectivity index (χ4n) is 3.76. The summed E-state index contributed by atoms with van der Waals surface area (Å²) in [5.41, 5.74) is 2.73. The number of aromatic carboxylic acids is 1. The van der Waals surface area contributed by atoms with E-state index in [9.17, 15) is 14.7 Å². The van der Waals surface area contributed by atoms with Gasteiger partial charge in [0.1, 0.15) is 11.5 Å². The van der Waals surface area contributed by atoms with Gasteiger partial charge in [0.2, 0.25) is 5.91 Å². The van der Waals surface area contributed by atoms with Crippen LogP contribution >= 0.6 is 11.3 Å². The van der Waals surface area contributed by atoms with Crippen molar-refractivity contribution in [3.8, 4) is 22.6 Å². The number of benzene rings is 2. The van der Waals surface area contributed by atoms with Gasteiger partial charge >= 0.3 is 5.97 Å². The van der Waals surface area contributed by atoms with Crippen LogP contribution in [-0.2, 0) is 4.79 Å². The van der Waals surface area contributed by atoms with Gasteiger partial charge < -0.3 is 19.9 Å². The number of carboxylic acids is 1. The lowest BCUT2D eigenvalue weighted by molar-refractivity contribution is -0.116. The van der Waals surface area contributed by atoms with Crippen molar-refractivity contribution in [2.45, 2.75) is 12.3 Å². The zero-order chi connectivity index (χ0) is 22.0. The molecule has 1 aliphatic rings. The average Bonchev–Trinajstić information content (AvgIpc) is 3.17. The lowest BCUT2D eigenvalue weighted by Crippen LogP contribution is -2.22. The summed E-state index contributed by atoms with van der Waals surface area (Å²) >= 11 is 1.20. The number of hydrogen-bond donors (Lipinski definition) is 2. The maximum absolute atomic E-state index is 12.6. The number of anilines is 1. The van der Waals surface area contributed by atoms with Crippen LogP contribution in [0.5, 0.6) is 11.5 Å². The molecule has 0 unspecified atom stereocenters. The summed E-state index contributed by atoms with van der Waals surface area (Å²) in [4.78, 5) is 25.7. The number of hydrogen-bond acceptors (Lipinski definition) is 5. The van der Waals surface area contributed by atoms with Crippen molar-refractivity contribution in [2.75, 3.05) is 19.0 Å². The number of amides is 1. The van der Waals surface area contributed by atoms with Crippen molar-refractivity contribution < 1.29 is 24.2 Å². The monoisotopic (exact) mass is 435 g/mol. The Morgan fingerprint density at radius 2 is 2.03 bits per heavy atom. The molecular formula is C24H21NO5S. The molecule has 4 rings (SSSR count).